The number of carbonyl (C=O) groups excluding carboxylic acids is 1. The number of hydrogen-bond acceptors (Lipinski definition) is 4. The Labute approximate surface area is 154 Å². The number of nitrogens with one attached hydrogen (secondary N) is 2. The van der Waals surface area contributed by atoms with Crippen LogP contribution in [0.15, 0.2) is 30.3 Å². The van der Waals surface area contributed by atoms with Gasteiger partial charge in [-0.2, -0.15) is 5.10 Å². The molecule has 136 valence electrons. The van der Waals surface area contributed by atoms with Crippen LogP contribution in [0.1, 0.15) is 31.2 Å². The predicted octanol–water partition coefficient (Wildman–Crippen LogP) is 2.53. The molecule has 0 saturated carbocycles. The number of hydrogen-bond donors (Lipinski definition) is 2. The lowest BCUT2D eigenvalue weighted by molar-refractivity contribution is -0.121. The minimum absolute atomic E-state index is 0.0273. The summed E-state index contributed by atoms with van der Waals surface area (Å²) in [5, 5.41) is 9.90. The summed E-state index contributed by atoms with van der Waals surface area (Å²) < 4.78 is 2.27. The van der Waals surface area contributed by atoms with E-state index in [1.165, 1.54) is 5.56 Å². The first-order valence-electron chi connectivity index (χ1n) is 8.73. The van der Waals surface area contributed by atoms with Gasteiger partial charge in [-0.3, -0.25) is 14.5 Å². The number of benzene rings is 1. The average Bonchev–Trinajstić information content (AvgIpc) is 2.93. The van der Waals surface area contributed by atoms with E-state index in [2.05, 4.69) is 58.7 Å². The molecule has 2 rings (SSSR count). The Kier molecular flexibility index (Phi) is 7.81. The molecule has 25 heavy (non-hydrogen) atoms. The third-order valence-corrected chi connectivity index (χ3v) is 4.26. The van der Waals surface area contributed by atoms with Crippen molar-refractivity contribution in [1.82, 2.24) is 25.0 Å². The number of H-pyrrole nitrogens is 1. The maximum Gasteiger partial charge on any atom is 0.240 e. The van der Waals surface area contributed by atoms with Crippen molar-refractivity contribution >= 4 is 18.1 Å². The molecule has 6 nitrogen and oxygen atoms in total. The van der Waals surface area contributed by atoms with Crippen LogP contribution in [0, 0.1) is 4.77 Å². The summed E-state index contributed by atoms with van der Waals surface area (Å²) in [4.78, 5) is 14.4. The summed E-state index contributed by atoms with van der Waals surface area (Å²) in [5.74, 6) is 0.811. The molecule has 0 aliphatic rings. The van der Waals surface area contributed by atoms with E-state index in [1.54, 1.807) is 4.57 Å². The van der Waals surface area contributed by atoms with Crippen molar-refractivity contribution in [2.24, 2.45) is 0 Å². The van der Waals surface area contributed by atoms with Crippen LogP contribution in [-0.4, -0.2) is 45.7 Å². The summed E-state index contributed by atoms with van der Waals surface area (Å²) in [7, 11) is 2.09. The Bertz CT molecular complexity index is 710. The van der Waals surface area contributed by atoms with Gasteiger partial charge in [0.25, 0.3) is 0 Å². The zero-order chi connectivity index (χ0) is 18.1. The molecule has 0 unspecified atom stereocenters. The van der Waals surface area contributed by atoms with E-state index in [4.69, 9.17) is 12.2 Å². The van der Waals surface area contributed by atoms with Crippen LogP contribution < -0.4 is 5.32 Å². The van der Waals surface area contributed by atoms with Crippen molar-refractivity contribution in [3.8, 4) is 0 Å². The van der Waals surface area contributed by atoms with Crippen LogP contribution in [0.4, 0.5) is 0 Å². The number of amides is 1. The first-order chi connectivity index (χ1) is 12.1. The van der Waals surface area contributed by atoms with E-state index >= 15 is 0 Å². The zero-order valence-electron chi connectivity index (χ0n) is 15.0. The molecule has 0 saturated heterocycles. The van der Waals surface area contributed by atoms with Gasteiger partial charge in [-0.1, -0.05) is 37.3 Å². The van der Waals surface area contributed by atoms with Gasteiger partial charge in [-0.25, -0.2) is 0 Å². The number of nitrogens with zero attached hydrogens (tertiary/aromatic N) is 3. The minimum Gasteiger partial charge on any atom is -0.355 e. The van der Waals surface area contributed by atoms with Crippen LogP contribution in [0.25, 0.3) is 0 Å². The summed E-state index contributed by atoms with van der Waals surface area (Å²) >= 11 is 5.20. The first kappa shape index (κ1) is 19.3. The molecule has 0 spiro atoms. The molecule has 0 fully saturated rings. The van der Waals surface area contributed by atoms with E-state index in [0.717, 1.165) is 38.2 Å². The van der Waals surface area contributed by atoms with Crippen LogP contribution in [0.2, 0.25) is 0 Å². The van der Waals surface area contributed by atoms with E-state index in [9.17, 15) is 4.79 Å². The zero-order valence-corrected chi connectivity index (χ0v) is 15.8. The number of aromatic amines is 1. The monoisotopic (exact) mass is 361 g/mol. The molecule has 0 radical (unpaired) electrons. The minimum atomic E-state index is -0.0273. The standard InChI is InChI=1S/C18H27N5OS/c1-3-8-16-20-21-18(25)23(16)14-17(24)19-11-7-12-22(2)13-15-9-5-4-6-10-15/h4-6,9-10H,3,7-8,11-14H2,1-2H3,(H,19,24)(H,21,25). The van der Waals surface area contributed by atoms with E-state index in [1.807, 2.05) is 6.07 Å². The second-order valence-corrected chi connectivity index (χ2v) is 6.59. The molecule has 1 aromatic heterocycles. The largest absolute Gasteiger partial charge is 0.355 e. The molecule has 0 atom stereocenters. The molecule has 1 aromatic carbocycles. The van der Waals surface area contributed by atoms with E-state index in [-0.39, 0.29) is 12.5 Å². The maximum absolute atomic E-state index is 12.1. The summed E-state index contributed by atoms with van der Waals surface area (Å²) in [6.07, 6.45) is 2.69. The lowest BCUT2D eigenvalue weighted by Gasteiger charge is -2.16. The average molecular weight is 362 g/mol. The molecule has 0 bridgehead atoms. The Morgan fingerprint density at radius 3 is 2.84 bits per heavy atom. The van der Waals surface area contributed by atoms with Gasteiger partial charge < -0.3 is 10.2 Å². The predicted molar refractivity (Wildman–Crippen MR) is 102 cm³/mol. The van der Waals surface area contributed by atoms with Gasteiger partial charge in [0.1, 0.15) is 12.4 Å². The molecule has 7 heteroatoms. The summed E-state index contributed by atoms with van der Waals surface area (Å²) in [5.41, 5.74) is 1.30. The molecule has 1 heterocycles. The first-order valence-corrected chi connectivity index (χ1v) is 9.14. The third-order valence-electron chi connectivity index (χ3n) is 3.95. The van der Waals surface area contributed by atoms with Gasteiger partial charge in [-0.15, -0.1) is 0 Å². The number of aryl methyl sites for hydroxylation is 1. The highest BCUT2D eigenvalue weighted by molar-refractivity contribution is 7.71. The molecular weight excluding hydrogens is 334 g/mol. The highest BCUT2D eigenvalue weighted by Gasteiger charge is 2.09. The smallest absolute Gasteiger partial charge is 0.240 e. The molecule has 0 aliphatic carbocycles. The molecule has 2 N–H and O–H groups in total. The molecule has 2 aromatic rings. The van der Waals surface area contributed by atoms with E-state index in [0.29, 0.717) is 11.3 Å². The Balaban J connectivity index is 1.69. The topological polar surface area (TPSA) is 66.0 Å². The Morgan fingerprint density at radius 2 is 2.12 bits per heavy atom. The highest BCUT2D eigenvalue weighted by Crippen LogP contribution is 2.03. The SMILES string of the molecule is CCCc1n[nH]c(=S)n1CC(=O)NCCCN(C)Cc1ccccc1. The van der Waals surface area contributed by atoms with Gasteiger partial charge in [-0.05, 0) is 44.2 Å². The van der Waals surface area contributed by atoms with Crippen molar-refractivity contribution in [3.05, 3.63) is 46.5 Å². The van der Waals surface area contributed by atoms with Crippen molar-refractivity contribution < 1.29 is 4.79 Å². The van der Waals surface area contributed by atoms with Crippen LogP contribution in [0.3, 0.4) is 0 Å². The highest BCUT2D eigenvalue weighted by atomic mass is 32.1. The molecule has 0 aliphatic heterocycles. The van der Waals surface area contributed by atoms with Crippen molar-refractivity contribution in [2.45, 2.75) is 39.3 Å². The van der Waals surface area contributed by atoms with Crippen molar-refractivity contribution in [2.75, 3.05) is 20.1 Å². The quantitative estimate of drug-likeness (QED) is 0.504. The van der Waals surface area contributed by atoms with Gasteiger partial charge >= 0.3 is 0 Å². The summed E-state index contributed by atoms with van der Waals surface area (Å²) in [6.45, 7) is 4.81. The lowest BCUT2D eigenvalue weighted by atomic mass is 10.2. The normalized spacial score (nSPS) is 11.0. The molecular formula is C18H27N5OS. The van der Waals surface area contributed by atoms with Crippen LogP contribution in [-0.2, 0) is 24.3 Å². The fourth-order valence-electron chi connectivity index (χ4n) is 2.68. The van der Waals surface area contributed by atoms with Crippen LogP contribution in [0.5, 0.6) is 0 Å². The fraction of sp³-hybridized carbons (Fsp3) is 0.500. The van der Waals surface area contributed by atoms with Gasteiger partial charge in [0.05, 0.1) is 0 Å². The number of aromatic nitrogens is 3. The number of carbonyl (C=O) groups is 1. The second-order valence-electron chi connectivity index (χ2n) is 6.21. The van der Waals surface area contributed by atoms with Gasteiger partial charge in [0.15, 0.2) is 4.77 Å². The van der Waals surface area contributed by atoms with E-state index < -0.39 is 0 Å². The lowest BCUT2D eigenvalue weighted by Crippen LogP contribution is -2.31. The van der Waals surface area contributed by atoms with Crippen molar-refractivity contribution in [3.63, 3.8) is 0 Å². The maximum atomic E-state index is 12.1. The number of rotatable bonds is 10. The Morgan fingerprint density at radius 1 is 1.36 bits per heavy atom. The fourth-order valence-corrected chi connectivity index (χ4v) is 2.89. The molecule has 1 amide bonds. The van der Waals surface area contributed by atoms with Crippen LogP contribution >= 0.6 is 12.2 Å². The second kappa shape index (κ2) is 10.1. The Hall–Kier alpha value is -1.99. The van der Waals surface area contributed by atoms with Gasteiger partial charge in [0, 0.05) is 19.5 Å². The summed E-state index contributed by atoms with van der Waals surface area (Å²) in [6, 6.07) is 10.4. The van der Waals surface area contributed by atoms with Gasteiger partial charge in [0.2, 0.25) is 5.91 Å². The van der Waals surface area contributed by atoms with Crippen molar-refractivity contribution in [1.29, 1.82) is 0 Å². The third kappa shape index (κ3) is 6.43.